The van der Waals surface area contributed by atoms with Crippen LogP contribution in [0.15, 0.2) is 42.5 Å². The Morgan fingerprint density at radius 3 is 2.56 bits per heavy atom. The Hall–Kier alpha value is -2.73. The van der Waals surface area contributed by atoms with Gasteiger partial charge in [0.25, 0.3) is 0 Å². The van der Waals surface area contributed by atoms with Crippen LogP contribution in [0.3, 0.4) is 0 Å². The first kappa shape index (κ1) is 22.5. The van der Waals surface area contributed by atoms with Crippen LogP contribution in [0, 0.1) is 0 Å². The summed E-state index contributed by atoms with van der Waals surface area (Å²) < 4.78 is 12.1. The van der Waals surface area contributed by atoms with Gasteiger partial charge in [-0.2, -0.15) is 0 Å². The van der Waals surface area contributed by atoms with Crippen LogP contribution in [-0.2, 0) is 6.54 Å². The van der Waals surface area contributed by atoms with Gasteiger partial charge in [-0.1, -0.05) is 32.0 Å². The largest absolute Gasteiger partial charge is 0.490 e. The molecule has 0 aliphatic carbocycles. The summed E-state index contributed by atoms with van der Waals surface area (Å²) in [6.07, 6.45) is 4.44. The highest BCUT2D eigenvalue weighted by atomic mass is 16.5. The molecule has 0 spiro atoms. The van der Waals surface area contributed by atoms with Crippen molar-refractivity contribution in [3.8, 4) is 11.5 Å². The number of nitrogens with zero attached hydrogens (tertiary/aromatic N) is 2. The lowest BCUT2D eigenvalue weighted by Crippen LogP contribution is -2.38. The summed E-state index contributed by atoms with van der Waals surface area (Å²) in [5, 5.41) is 3.59. The molecule has 2 heterocycles. The number of ether oxygens (including phenoxy) is 2. The van der Waals surface area contributed by atoms with E-state index in [0.717, 1.165) is 73.8 Å². The smallest absolute Gasteiger partial charge is 0.201 e. The number of H-pyrrole nitrogens is 1. The van der Waals surface area contributed by atoms with Crippen LogP contribution < -0.4 is 14.8 Å². The molecule has 1 fully saturated rings. The van der Waals surface area contributed by atoms with Gasteiger partial charge in [0.1, 0.15) is 0 Å². The minimum Gasteiger partial charge on any atom is -0.490 e. The minimum atomic E-state index is 0.235. The number of nitrogens with one attached hydrogen (secondary N) is 2. The molecule has 0 unspecified atom stereocenters. The van der Waals surface area contributed by atoms with E-state index in [2.05, 4.69) is 58.3 Å². The number of piperidine rings is 1. The quantitative estimate of drug-likeness (QED) is 0.433. The van der Waals surface area contributed by atoms with Crippen molar-refractivity contribution < 1.29 is 9.47 Å². The SMILES string of the molecule is CCOc1cc(CN2CCC(Nc3nc4ccccc4[nH]3)CC2)ccc1OC(CC)CC. The molecule has 1 aromatic heterocycles. The second-order valence-electron chi connectivity index (χ2n) is 8.57. The molecule has 6 heteroatoms. The van der Waals surface area contributed by atoms with Crippen LogP contribution in [0.1, 0.15) is 52.0 Å². The number of fused-ring (bicyclic) bond motifs is 1. The molecule has 1 saturated heterocycles. The van der Waals surface area contributed by atoms with Crippen molar-refractivity contribution in [2.45, 2.75) is 65.1 Å². The summed E-state index contributed by atoms with van der Waals surface area (Å²) in [6.45, 7) is 10.0. The molecule has 2 aromatic carbocycles. The van der Waals surface area contributed by atoms with Crippen LogP contribution in [0.25, 0.3) is 11.0 Å². The number of likely N-dealkylation sites (tertiary alicyclic amines) is 1. The summed E-state index contributed by atoms with van der Waals surface area (Å²) in [5.74, 6) is 2.59. The molecular weight excluding hydrogens is 400 g/mol. The Kier molecular flexibility index (Phi) is 7.53. The zero-order chi connectivity index (χ0) is 22.3. The molecule has 0 radical (unpaired) electrons. The highest BCUT2D eigenvalue weighted by molar-refractivity contribution is 5.77. The lowest BCUT2D eigenvalue weighted by atomic mass is 10.0. The molecule has 0 amide bonds. The van der Waals surface area contributed by atoms with Crippen LogP contribution in [0.2, 0.25) is 0 Å². The first-order valence-corrected chi connectivity index (χ1v) is 12.0. The second kappa shape index (κ2) is 10.7. The van der Waals surface area contributed by atoms with Gasteiger partial charge in [-0.25, -0.2) is 4.98 Å². The fraction of sp³-hybridized carbons (Fsp3) is 0.500. The zero-order valence-electron chi connectivity index (χ0n) is 19.6. The van der Waals surface area contributed by atoms with Crippen LogP contribution in [0.4, 0.5) is 5.95 Å². The van der Waals surface area contributed by atoms with Crippen molar-refractivity contribution in [2.24, 2.45) is 0 Å². The van der Waals surface area contributed by atoms with Gasteiger partial charge >= 0.3 is 0 Å². The highest BCUT2D eigenvalue weighted by Gasteiger charge is 2.21. The van der Waals surface area contributed by atoms with Crippen molar-refractivity contribution in [1.82, 2.24) is 14.9 Å². The molecule has 0 saturated carbocycles. The van der Waals surface area contributed by atoms with E-state index < -0.39 is 0 Å². The van der Waals surface area contributed by atoms with Gasteiger partial charge in [-0.15, -0.1) is 0 Å². The van der Waals surface area contributed by atoms with E-state index in [1.165, 1.54) is 5.56 Å². The number of imidazole rings is 1. The van der Waals surface area contributed by atoms with Gasteiger partial charge in [0.15, 0.2) is 11.5 Å². The third kappa shape index (κ3) is 5.54. The summed E-state index contributed by atoms with van der Waals surface area (Å²) in [6, 6.07) is 15.0. The lowest BCUT2D eigenvalue weighted by molar-refractivity contribution is 0.181. The number of anilines is 1. The maximum absolute atomic E-state index is 6.18. The maximum Gasteiger partial charge on any atom is 0.201 e. The third-order valence-corrected chi connectivity index (χ3v) is 6.24. The number of para-hydroxylation sites is 2. The van der Waals surface area contributed by atoms with Gasteiger partial charge in [-0.3, -0.25) is 4.90 Å². The molecule has 1 aliphatic rings. The van der Waals surface area contributed by atoms with E-state index >= 15 is 0 Å². The van der Waals surface area contributed by atoms with Crippen LogP contribution >= 0.6 is 0 Å². The van der Waals surface area contributed by atoms with E-state index in [1.54, 1.807) is 0 Å². The Morgan fingerprint density at radius 2 is 1.84 bits per heavy atom. The molecule has 6 nitrogen and oxygen atoms in total. The summed E-state index contributed by atoms with van der Waals surface area (Å²) in [4.78, 5) is 10.6. The molecule has 1 aliphatic heterocycles. The van der Waals surface area contributed by atoms with Crippen LogP contribution in [0.5, 0.6) is 11.5 Å². The average Bonchev–Trinajstić information content (AvgIpc) is 3.22. The van der Waals surface area contributed by atoms with E-state index in [0.29, 0.717) is 12.6 Å². The lowest BCUT2D eigenvalue weighted by Gasteiger charge is -2.32. The summed E-state index contributed by atoms with van der Waals surface area (Å²) >= 11 is 0. The molecule has 3 aromatic rings. The molecular formula is C26H36N4O2. The number of aromatic nitrogens is 2. The number of hydrogen-bond acceptors (Lipinski definition) is 5. The van der Waals surface area contributed by atoms with E-state index in [4.69, 9.17) is 9.47 Å². The number of hydrogen-bond donors (Lipinski definition) is 2. The normalized spacial score (nSPS) is 15.4. The summed E-state index contributed by atoms with van der Waals surface area (Å²) in [5.41, 5.74) is 3.36. The molecule has 32 heavy (non-hydrogen) atoms. The van der Waals surface area contributed by atoms with E-state index in [1.807, 2.05) is 25.1 Å². The minimum absolute atomic E-state index is 0.235. The Balaban J connectivity index is 1.32. The Morgan fingerprint density at radius 1 is 1.06 bits per heavy atom. The maximum atomic E-state index is 6.18. The monoisotopic (exact) mass is 436 g/mol. The highest BCUT2D eigenvalue weighted by Crippen LogP contribution is 2.31. The van der Waals surface area contributed by atoms with Crippen molar-refractivity contribution in [3.63, 3.8) is 0 Å². The molecule has 0 bridgehead atoms. The average molecular weight is 437 g/mol. The topological polar surface area (TPSA) is 62.4 Å². The Labute approximate surface area is 191 Å². The van der Waals surface area contributed by atoms with Crippen LogP contribution in [-0.4, -0.2) is 46.7 Å². The Bertz CT molecular complexity index is 957. The van der Waals surface area contributed by atoms with Crippen molar-refractivity contribution in [3.05, 3.63) is 48.0 Å². The van der Waals surface area contributed by atoms with E-state index in [9.17, 15) is 0 Å². The fourth-order valence-electron chi connectivity index (χ4n) is 4.36. The van der Waals surface area contributed by atoms with Gasteiger partial charge in [0.05, 0.1) is 23.7 Å². The predicted molar refractivity (Wildman–Crippen MR) is 131 cm³/mol. The van der Waals surface area contributed by atoms with Crippen molar-refractivity contribution in [1.29, 1.82) is 0 Å². The zero-order valence-corrected chi connectivity index (χ0v) is 19.6. The number of rotatable bonds is 10. The third-order valence-electron chi connectivity index (χ3n) is 6.24. The van der Waals surface area contributed by atoms with Crippen molar-refractivity contribution in [2.75, 3.05) is 25.0 Å². The fourth-order valence-corrected chi connectivity index (χ4v) is 4.36. The predicted octanol–water partition coefficient (Wildman–Crippen LogP) is 5.61. The first-order chi connectivity index (χ1) is 15.7. The number of aromatic amines is 1. The molecule has 0 atom stereocenters. The van der Waals surface area contributed by atoms with Gasteiger partial charge in [0, 0.05) is 25.7 Å². The van der Waals surface area contributed by atoms with E-state index in [-0.39, 0.29) is 6.10 Å². The summed E-state index contributed by atoms with van der Waals surface area (Å²) in [7, 11) is 0. The molecule has 172 valence electrons. The second-order valence-corrected chi connectivity index (χ2v) is 8.57. The molecule has 4 rings (SSSR count). The molecule has 2 N–H and O–H groups in total. The van der Waals surface area contributed by atoms with Gasteiger partial charge in [-0.05, 0) is 62.4 Å². The standard InChI is InChI=1S/C26H36N4O2/c1-4-21(5-2)32-24-12-11-19(17-25(24)31-6-3)18-30-15-13-20(14-16-30)27-26-28-22-9-7-8-10-23(22)29-26/h7-12,17,20-21H,4-6,13-16,18H2,1-3H3,(H2,27,28,29). The number of benzene rings is 2. The van der Waals surface area contributed by atoms with Gasteiger partial charge in [0.2, 0.25) is 5.95 Å². The van der Waals surface area contributed by atoms with Gasteiger partial charge < -0.3 is 19.8 Å². The van der Waals surface area contributed by atoms with Crippen molar-refractivity contribution >= 4 is 17.0 Å². The first-order valence-electron chi connectivity index (χ1n) is 12.0.